The summed E-state index contributed by atoms with van der Waals surface area (Å²) in [5, 5.41) is 0. The van der Waals surface area contributed by atoms with E-state index in [4.69, 9.17) is 26.4 Å². The molecule has 174 valence electrons. The monoisotopic (exact) mass is 603 g/mol. The Balaban J connectivity index is 1.46. The molecule has 3 aromatic rings. The van der Waals surface area contributed by atoms with Gasteiger partial charge in [0, 0.05) is 0 Å². The van der Waals surface area contributed by atoms with E-state index in [1.54, 1.807) is 12.0 Å². The highest BCUT2D eigenvalue weighted by Gasteiger charge is 2.33. The van der Waals surface area contributed by atoms with Gasteiger partial charge in [-0.25, -0.2) is 0 Å². The normalized spacial score (nSPS) is 14.6. The Morgan fingerprint density at radius 2 is 1.79 bits per heavy atom. The zero-order valence-corrected chi connectivity index (χ0v) is 22.4. The van der Waals surface area contributed by atoms with Crippen LogP contribution < -0.4 is 19.1 Å². The summed E-state index contributed by atoms with van der Waals surface area (Å²) in [5.74, 6) is 1.91. The first-order valence-electron chi connectivity index (χ1n) is 10.5. The van der Waals surface area contributed by atoms with Crippen molar-refractivity contribution in [2.24, 2.45) is 0 Å². The lowest BCUT2D eigenvalue weighted by molar-refractivity contribution is -0.113. The summed E-state index contributed by atoms with van der Waals surface area (Å²) < 4.78 is 18.7. The maximum atomic E-state index is 13.0. The molecule has 1 heterocycles. The number of carbonyl (C=O) groups excluding carboxylic acids is 1. The summed E-state index contributed by atoms with van der Waals surface area (Å²) >= 11 is 8.96. The van der Waals surface area contributed by atoms with E-state index in [1.165, 1.54) is 11.8 Å². The van der Waals surface area contributed by atoms with Crippen LogP contribution in [-0.4, -0.2) is 30.6 Å². The lowest BCUT2D eigenvalue weighted by atomic mass is 10.1. The zero-order valence-electron chi connectivity index (χ0n) is 18.6. The minimum Gasteiger partial charge on any atom is -0.493 e. The molecule has 4 rings (SSSR count). The molecule has 0 N–H and O–H groups in total. The molecule has 1 saturated heterocycles. The zero-order chi connectivity index (χ0) is 24.1. The molecule has 0 spiro atoms. The van der Waals surface area contributed by atoms with Crippen molar-refractivity contribution in [2.45, 2.75) is 6.92 Å². The molecule has 1 fully saturated rings. The van der Waals surface area contributed by atoms with Crippen molar-refractivity contribution >= 4 is 68.6 Å². The molecular formula is C26H22INO4S2. The number of carbonyl (C=O) groups is 1. The predicted molar refractivity (Wildman–Crippen MR) is 150 cm³/mol. The highest BCUT2D eigenvalue weighted by molar-refractivity contribution is 14.1. The van der Waals surface area contributed by atoms with Gasteiger partial charge in [-0.2, -0.15) is 0 Å². The maximum Gasteiger partial charge on any atom is 0.270 e. The number of nitrogens with zero attached hydrogens (tertiary/aromatic N) is 1. The third kappa shape index (κ3) is 5.73. The van der Waals surface area contributed by atoms with Gasteiger partial charge in [0.05, 0.1) is 21.3 Å². The van der Waals surface area contributed by atoms with Crippen LogP contribution >= 0.6 is 46.6 Å². The van der Waals surface area contributed by atoms with E-state index in [0.717, 1.165) is 26.1 Å². The molecule has 0 bridgehead atoms. The number of benzene rings is 3. The van der Waals surface area contributed by atoms with Gasteiger partial charge in [-0.05, 0) is 83.1 Å². The minimum atomic E-state index is -0.135. The van der Waals surface area contributed by atoms with E-state index in [2.05, 4.69) is 22.6 Å². The second kappa shape index (κ2) is 11.2. The van der Waals surface area contributed by atoms with Crippen LogP contribution in [0.5, 0.6) is 17.2 Å². The van der Waals surface area contributed by atoms with Gasteiger partial charge >= 0.3 is 0 Å². The van der Waals surface area contributed by atoms with Crippen LogP contribution in [0.2, 0.25) is 0 Å². The Hall–Kier alpha value is -2.56. The number of rotatable bonds is 8. The number of anilines is 1. The molecule has 0 radical (unpaired) electrons. The predicted octanol–water partition coefficient (Wildman–Crippen LogP) is 6.47. The van der Waals surface area contributed by atoms with Crippen molar-refractivity contribution in [3.8, 4) is 17.2 Å². The average molecular weight is 604 g/mol. The summed E-state index contributed by atoms with van der Waals surface area (Å²) in [7, 11) is 1.60. The molecule has 0 unspecified atom stereocenters. The molecule has 0 saturated carbocycles. The fourth-order valence-corrected chi connectivity index (χ4v) is 5.47. The summed E-state index contributed by atoms with van der Waals surface area (Å²) in [6.45, 7) is 2.81. The number of thiocarbonyl (C=S) groups is 1. The van der Waals surface area contributed by atoms with Crippen molar-refractivity contribution in [3.05, 3.63) is 86.3 Å². The van der Waals surface area contributed by atoms with E-state index >= 15 is 0 Å². The van der Waals surface area contributed by atoms with Gasteiger partial charge in [0.1, 0.15) is 19.0 Å². The topological polar surface area (TPSA) is 48.0 Å². The molecule has 5 nitrogen and oxygen atoms in total. The highest BCUT2D eigenvalue weighted by atomic mass is 127. The third-order valence-corrected chi connectivity index (χ3v) is 7.05. The van der Waals surface area contributed by atoms with Crippen LogP contribution in [0.4, 0.5) is 5.69 Å². The summed E-state index contributed by atoms with van der Waals surface area (Å²) in [4.78, 5) is 15.1. The van der Waals surface area contributed by atoms with Crippen LogP contribution in [0.25, 0.3) is 6.08 Å². The van der Waals surface area contributed by atoms with Gasteiger partial charge in [0.2, 0.25) is 0 Å². The third-order valence-electron chi connectivity index (χ3n) is 4.95. The van der Waals surface area contributed by atoms with Gasteiger partial charge in [-0.3, -0.25) is 9.69 Å². The standard InChI is InChI=1S/C26H22INO4S2/c1-17-7-6-10-20(13-17)31-11-12-32-24-21(27)14-18(15-22(24)30-2)16-23-25(29)28(26(33)34-23)19-8-4-3-5-9-19/h3-10,13-16H,11-12H2,1-2H3. The molecule has 0 aromatic heterocycles. The number of hydrogen-bond acceptors (Lipinski definition) is 6. The van der Waals surface area contributed by atoms with Crippen molar-refractivity contribution < 1.29 is 19.0 Å². The Bertz CT molecular complexity index is 1250. The molecule has 0 aliphatic carbocycles. The molecule has 1 aliphatic rings. The van der Waals surface area contributed by atoms with Crippen LogP contribution in [0.15, 0.2) is 71.6 Å². The number of ether oxygens (including phenoxy) is 3. The number of aryl methyl sites for hydroxylation is 1. The van der Waals surface area contributed by atoms with Crippen LogP contribution in [-0.2, 0) is 4.79 Å². The van der Waals surface area contributed by atoms with Crippen molar-refractivity contribution in [1.82, 2.24) is 0 Å². The number of thioether (sulfide) groups is 1. The number of para-hydroxylation sites is 1. The Labute approximate surface area is 222 Å². The molecular weight excluding hydrogens is 581 g/mol. The minimum absolute atomic E-state index is 0.135. The average Bonchev–Trinajstić information content (AvgIpc) is 3.10. The molecule has 1 aliphatic heterocycles. The van der Waals surface area contributed by atoms with E-state index < -0.39 is 0 Å². The van der Waals surface area contributed by atoms with Crippen LogP contribution in [0, 0.1) is 10.5 Å². The number of amides is 1. The Morgan fingerprint density at radius 1 is 1.03 bits per heavy atom. The quantitative estimate of drug-likeness (QED) is 0.127. The molecule has 0 atom stereocenters. The maximum absolute atomic E-state index is 13.0. The summed E-state index contributed by atoms with van der Waals surface area (Å²) in [6.07, 6.45) is 1.83. The van der Waals surface area contributed by atoms with Crippen LogP contribution in [0.3, 0.4) is 0 Å². The fraction of sp³-hybridized carbons (Fsp3) is 0.154. The lowest BCUT2D eigenvalue weighted by Gasteiger charge is -2.15. The molecule has 34 heavy (non-hydrogen) atoms. The first-order valence-corrected chi connectivity index (χ1v) is 12.8. The second-order valence-corrected chi connectivity index (χ2v) is 10.2. The van der Waals surface area contributed by atoms with Gasteiger partial charge < -0.3 is 14.2 Å². The summed E-state index contributed by atoms with van der Waals surface area (Å²) in [5.41, 5.74) is 2.74. The summed E-state index contributed by atoms with van der Waals surface area (Å²) in [6, 6.07) is 21.1. The van der Waals surface area contributed by atoms with Gasteiger partial charge in [-0.15, -0.1) is 0 Å². The second-order valence-electron chi connectivity index (χ2n) is 7.40. The van der Waals surface area contributed by atoms with Crippen molar-refractivity contribution in [3.63, 3.8) is 0 Å². The number of hydrogen-bond donors (Lipinski definition) is 0. The van der Waals surface area contributed by atoms with Gasteiger partial charge in [0.15, 0.2) is 15.8 Å². The SMILES string of the molecule is COc1cc(C=C2SC(=S)N(c3ccccc3)C2=O)cc(I)c1OCCOc1cccc(C)c1. The van der Waals surface area contributed by atoms with E-state index in [9.17, 15) is 4.79 Å². The first kappa shape index (κ1) is 24.6. The number of halogens is 1. The van der Waals surface area contributed by atoms with Crippen molar-refractivity contribution in [1.29, 1.82) is 0 Å². The van der Waals surface area contributed by atoms with E-state index in [-0.39, 0.29) is 5.91 Å². The largest absolute Gasteiger partial charge is 0.493 e. The Morgan fingerprint density at radius 3 is 2.53 bits per heavy atom. The highest BCUT2D eigenvalue weighted by Crippen LogP contribution is 2.38. The lowest BCUT2D eigenvalue weighted by Crippen LogP contribution is -2.27. The van der Waals surface area contributed by atoms with E-state index in [1.807, 2.05) is 79.7 Å². The molecule has 3 aromatic carbocycles. The molecule has 1 amide bonds. The van der Waals surface area contributed by atoms with E-state index in [0.29, 0.717) is 33.9 Å². The van der Waals surface area contributed by atoms with Gasteiger partial charge in [0.25, 0.3) is 5.91 Å². The van der Waals surface area contributed by atoms with Gasteiger partial charge in [-0.1, -0.05) is 54.3 Å². The molecule has 8 heteroatoms. The smallest absolute Gasteiger partial charge is 0.270 e. The van der Waals surface area contributed by atoms with Crippen LogP contribution in [0.1, 0.15) is 11.1 Å². The first-order chi connectivity index (χ1) is 16.5. The fourth-order valence-electron chi connectivity index (χ4n) is 3.39. The Kier molecular flexibility index (Phi) is 8.12. The number of methoxy groups -OCH3 is 1. The van der Waals surface area contributed by atoms with Crippen molar-refractivity contribution in [2.75, 3.05) is 25.2 Å².